The molecule has 0 aromatic carbocycles. The molecular formula is C5H8O3S. The number of carboxylic acids is 1. The molecule has 0 aromatic heterocycles. The van der Waals surface area contributed by atoms with Crippen LogP contribution in [0.2, 0.25) is 0 Å². The first-order valence-electron chi connectivity index (χ1n) is 2.35. The van der Waals surface area contributed by atoms with E-state index in [1.807, 2.05) is 0 Å². The number of hydrogen-bond acceptors (Lipinski definition) is 3. The minimum absolute atomic E-state index is 0.310. The molecule has 1 atom stereocenters. The summed E-state index contributed by atoms with van der Waals surface area (Å²) in [6, 6.07) is 0. The Morgan fingerprint density at radius 2 is 2.00 bits per heavy atom. The van der Waals surface area contributed by atoms with Gasteiger partial charge in [-0.05, 0) is 13.2 Å². The summed E-state index contributed by atoms with van der Waals surface area (Å²) in [5.41, 5.74) is 0. The summed E-state index contributed by atoms with van der Waals surface area (Å²) in [6.07, 6.45) is 1.60. The predicted octanol–water partition coefficient (Wildman–Crippen LogP) is 0.392. The van der Waals surface area contributed by atoms with Gasteiger partial charge in [0.05, 0.1) is 0 Å². The van der Waals surface area contributed by atoms with Crippen LogP contribution in [0.4, 0.5) is 0 Å². The number of hydrogen-bond donors (Lipinski definition) is 1. The Hall–Kier alpha value is -0.510. The lowest BCUT2D eigenvalue weighted by molar-refractivity contribution is -0.138. The average Bonchev–Trinajstić information content (AvgIpc) is 1.64. The summed E-state index contributed by atoms with van der Waals surface area (Å²) in [5, 5.41) is 7.42. The van der Waals surface area contributed by atoms with Gasteiger partial charge < -0.3 is 5.11 Å². The lowest BCUT2D eigenvalue weighted by Crippen LogP contribution is -2.23. The minimum Gasteiger partial charge on any atom is -0.480 e. The molecule has 0 amide bonds. The molecule has 0 saturated carbocycles. The van der Waals surface area contributed by atoms with Crippen molar-refractivity contribution in [1.82, 2.24) is 0 Å². The Bertz CT molecular complexity index is 118. The maximum atomic E-state index is 10.4. The molecule has 0 fully saturated rings. The number of ketones is 1. The zero-order valence-electron chi connectivity index (χ0n) is 5.25. The fraction of sp³-hybridized carbons (Fsp3) is 0.600. The van der Waals surface area contributed by atoms with Crippen LogP contribution in [0, 0.1) is 0 Å². The van der Waals surface area contributed by atoms with Crippen LogP contribution in [-0.2, 0) is 9.59 Å². The Kier molecular flexibility index (Phi) is 3.30. The topological polar surface area (TPSA) is 54.4 Å². The summed E-state index contributed by atoms with van der Waals surface area (Å²) >= 11 is 1.04. The number of carbonyl (C=O) groups is 2. The Balaban J connectivity index is 3.99. The molecule has 0 aliphatic carbocycles. The van der Waals surface area contributed by atoms with Crippen molar-refractivity contribution in [1.29, 1.82) is 0 Å². The third kappa shape index (κ3) is 2.51. The lowest BCUT2D eigenvalue weighted by atomic mass is 10.3. The van der Waals surface area contributed by atoms with Gasteiger partial charge in [0.15, 0.2) is 11.0 Å². The molecule has 0 rings (SSSR count). The highest BCUT2D eigenvalue weighted by atomic mass is 32.2. The highest BCUT2D eigenvalue weighted by molar-refractivity contribution is 8.00. The Morgan fingerprint density at radius 3 is 2.00 bits per heavy atom. The second-order valence-electron chi connectivity index (χ2n) is 1.56. The molecule has 0 heterocycles. The van der Waals surface area contributed by atoms with E-state index in [9.17, 15) is 9.59 Å². The molecule has 0 aliphatic heterocycles. The molecule has 0 radical (unpaired) electrons. The average molecular weight is 148 g/mol. The monoisotopic (exact) mass is 148 g/mol. The van der Waals surface area contributed by atoms with Gasteiger partial charge in [-0.25, -0.2) is 0 Å². The lowest BCUT2D eigenvalue weighted by Gasteiger charge is -2.01. The SMILES string of the molecule is CSC(C(C)=O)C(=O)O. The Labute approximate surface area is 57.4 Å². The van der Waals surface area contributed by atoms with Crippen molar-refractivity contribution in [2.45, 2.75) is 12.2 Å². The van der Waals surface area contributed by atoms with E-state index in [0.29, 0.717) is 0 Å². The second-order valence-corrected chi connectivity index (χ2v) is 2.51. The fourth-order valence-corrected chi connectivity index (χ4v) is 0.974. The standard InChI is InChI=1S/C5H8O3S/c1-3(6)4(9-2)5(7)8/h4H,1-2H3,(H,7,8). The maximum absolute atomic E-state index is 10.4. The molecule has 52 valence electrons. The van der Waals surface area contributed by atoms with Crippen molar-refractivity contribution in [3.8, 4) is 0 Å². The molecule has 0 bridgehead atoms. The van der Waals surface area contributed by atoms with Crippen LogP contribution in [0.3, 0.4) is 0 Å². The van der Waals surface area contributed by atoms with Gasteiger partial charge in [-0.1, -0.05) is 0 Å². The van der Waals surface area contributed by atoms with E-state index in [4.69, 9.17) is 5.11 Å². The van der Waals surface area contributed by atoms with Crippen molar-refractivity contribution in [3.05, 3.63) is 0 Å². The van der Waals surface area contributed by atoms with Gasteiger partial charge in [-0.3, -0.25) is 9.59 Å². The van der Waals surface area contributed by atoms with Gasteiger partial charge in [-0.2, -0.15) is 0 Å². The summed E-state index contributed by atoms with van der Waals surface area (Å²) in [4.78, 5) is 20.5. The van der Waals surface area contributed by atoms with Crippen molar-refractivity contribution in [2.75, 3.05) is 6.26 Å². The van der Waals surface area contributed by atoms with Gasteiger partial charge >= 0.3 is 5.97 Å². The van der Waals surface area contributed by atoms with Crippen LogP contribution in [0.15, 0.2) is 0 Å². The number of Topliss-reactive ketones (excluding diaryl/α,β-unsaturated/α-hetero) is 1. The highest BCUT2D eigenvalue weighted by Gasteiger charge is 2.20. The van der Waals surface area contributed by atoms with Crippen LogP contribution in [-0.4, -0.2) is 28.4 Å². The quantitative estimate of drug-likeness (QED) is 0.588. The van der Waals surface area contributed by atoms with E-state index in [0.717, 1.165) is 11.8 Å². The van der Waals surface area contributed by atoms with Crippen LogP contribution < -0.4 is 0 Å². The van der Waals surface area contributed by atoms with E-state index in [1.54, 1.807) is 6.26 Å². The van der Waals surface area contributed by atoms with Crippen molar-refractivity contribution in [3.63, 3.8) is 0 Å². The zero-order chi connectivity index (χ0) is 7.44. The van der Waals surface area contributed by atoms with Crippen LogP contribution in [0.5, 0.6) is 0 Å². The van der Waals surface area contributed by atoms with Crippen molar-refractivity contribution < 1.29 is 14.7 Å². The minimum atomic E-state index is -1.06. The third-order valence-electron chi connectivity index (χ3n) is 0.829. The van der Waals surface area contributed by atoms with Crippen LogP contribution >= 0.6 is 11.8 Å². The van der Waals surface area contributed by atoms with Crippen LogP contribution in [0.1, 0.15) is 6.92 Å². The molecule has 0 aromatic rings. The first-order valence-corrected chi connectivity index (χ1v) is 3.64. The molecule has 4 heteroatoms. The number of aliphatic carboxylic acids is 1. The normalized spacial score (nSPS) is 12.7. The number of carbonyl (C=O) groups excluding carboxylic acids is 1. The second kappa shape index (κ2) is 3.50. The maximum Gasteiger partial charge on any atom is 0.324 e. The molecule has 0 aliphatic rings. The molecular weight excluding hydrogens is 140 g/mol. The van der Waals surface area contributed by atoms with E-state index in [2.05, 4.69) is 0 Å². The number of thioether (sulfide) groups is 1. The summed E-state index contributed by atoms with van der Waals surface area (Å²) in [5.74, 6) is -1.37. The summed E-state index contributed by atoms with van der Waals surface area (Å²) in [7, 11) is 0. The van der Waals surface area contributed by atoms with Gasteiger partial charge in [0.1, 0.15) is 0 Å². The zero-order valence-corrected chi connectivity index (χ0v) is 6.07. The Morgan fingerprint density at radius 1 is 1.56 bits per heavy atom. The number of rotatable bonds is 3. The molecule has 0 spiro atoms. The van der Waals surface area contributed by atoms with E-state index in [-0.39, 0.29) is 5.78 Å². The van der Waals surface area contributed by atoms with Crippen LogP contribution in [0.25, 0.3) is 0 Å². The van der Waals surface area contributed by atoms with Gasteiger partial charge in [0.2, 0.25) is 0 Å². The number of carboxylic acid groups (broad SMARTS) is 1. The molecule has 1 unspecified atom stereocenters. The van der Waals surface area contributed by atoms with Gasteiger partial charge in [0.25, 0.3) is 0 Å². The highest BCUT2D eigenvalue weighted by Crippen LogP contribution is 2.06. The molecule has 9 heavy (non-hydrogen) atoms. The molecule has 1 N–H and O–H groups in total. The molecule has 3 nitrogen and oxygen atoms in total. The fourth-order valence-electron chi connectivity index (χ4n) is 0.441. The summed E-state index contributed by atoms with van der Waals surface area (Å²) < 4.78 is 0. The smallest absolute Gasteiger partial charge is 0.324 e. The van der Waals surface area contributed by atoms with Gasteiger partial charge in [-0.15, -0.1) is 11.8 Å². The first kappa shape index (κ1) is 8.49. The van der Waals surface area contributed by atoms with Gasteiger partial charge in [0, 0.05) is 0 Å². The van der Waals surface area contributed by atoms with E-state index >= 15 is 0 Å². The largest absolute Gasteiger partial charge is 0.480 e. The third-order valence-corrected chi connectivity index (χ3v) is 1.83. The van der Waals surface area contributed by atoms with E-state index < -0.39 is 11.2 Å². The van der Waals surface area contributed by atoms with Crippen molar-refractivity contribution in [2.24, 2.45) is 0 Å². The predicted molar refractivity (Wildman–Crippen MR) is 35.6 cm³/mol. The first-order chi connectivity index (χ1) is 4.09. The molecule has 0 saturated heterocycles. The van der Waals surface area contributed by atoms with E-state index in [1.165, 1.54) is 6.92 Å². The van der Waals surface area contributed by atoms with Crippen molar-refractivity contribution >= 4 is 23.5 Å². The summed E-state index contributed by atoms with van der Waals surface area (Å²) in [6.45, 7) is 1.27.